The third kappa shape index (κ3) is 3.86. The van der Waals surface area contributed by atoms with Gasteiger partial charge in [-0.15, -0.1) is 0 Å². The van der Waals surface area contributed by atoms with Gasteiger partial charge in [-0.25, -0.2) is 8.42 Å². The second kappa shape index (κ2) is 6.77. The highest BCUT2D eigenvalue weighted by molar-refractivity contribution is 7.94. The Morgan fingerprint density at radius 3 is 2.70 bits per heavy atom. The van der Waals surface area contributed by atoms with Gasteiger partial charge in [-0.2, -0.15) is 5.26 Å². The van der Waals surface area contributed by atoms with Crippen LogP contribution in [0.25, 0.3) is 0 Å². The number of para-hydroxylation sites is 2. The summed E-state index contributed by atoms with van der Waals surface area (Å²) in [6.45, 7) is 0.998. The van der Waals surface area contributed by atoms with E-state index in [-0.39, 0.29) is 18.0 Å². The number of esters is 1. The Labute approximate surface area is 117 Å². The largest absolute Gasteiger partial charge is 0.477 e. The minimum absolute atomic E-state index is 0.151. The molecule has 0 heterocycles. The molecule has 0 aromatic heterocycles. The van der Waals surface area contributed by atoms with Crippen molar-refractivity contribution in [2.75, 3.05) is 18.4 Å². The molecular weight excluding hydrogens is 284 g/mol. The third-order valence-corrected chi connectivity index (χ3v) is 4.06. The predicted molar refractivity (Wildman–Crippen MR) is 71.6 cm³/mol. The second-order valence-corrected chi connectivity index (χ2v) is 5.76. The molecule has 0 aliphatic heterocycles. The quantitative estimate of drug-likeness (QED) is 0.782. The Hall–Kier alpha value is -2.27. The molecule has 1 atom stereocenters. The predicted octanol–water partition coefficient (Wildman–Crippen LogP) is 0.892. The van der Waals surface area contributed by atoms with Gasteiger partial charge in [-0.1, -0.05) is 12.1 Å². The second-order valence-electron chi connectivity index (χ2n) is 3.76. The first-order chi connectivity index (χ1) is 9.42. The first-order valence-electron chi connectivity index (χ1n) is 5.60. The number of anilines is 1. The molecule has 7 nitrogen and oxygen atoms in total. The third-order valence-electron chi connectivity index (χ3n) is 2.43. The molecule has 108 valence electrons. The molecule has 1 aromatic carbocycles. The molecule has 0 spiro atoms. The number of rotatable bonds is 6. The molecule has 1 N–H and O–H groups in total. The maximum absolute atomic E-state index is 12.0. The first-order valence-corrected chi connectivity index (χ1v) is 7.15. The smallest absolute Gasteiger partial charge is 0.325 e. The minimum atomic E-state index is -3.96. The number of hydrogen-bond donors (Lipinski definition) is 1. The van der Waals surface area contributed by atoms with Gasteiger partial charge < -0.3 is 9.47 Å². The summed E-state index contributed by atoms with van der Waals surface area (Å²) in [6.07, 6.45) is 0. The highest BCUT2D eigenvalue weighted by Crippen LogP contribution is 2.25. The molecule has 0 aliphatic rings. The molecule has 0 aliphatic carbocycles. The summed E-state index contributed by atoms with van der Waals surface area (Å²) in [5.74, 6) is -0.664. The van der Waals surface area contributed by atoms with E-state index in [4.69, 9.17) is 10.00 Å². The van der Waals surface area contributed by atoms with Gasteiger partial charge in [-0.3, -0.25) is 9.52 Å². The number of carbonyl (C=O) groups excluding carboxylic acids is 1. The summed E-state index contributed by atoms with van der Waals surface area (Å²) in [7, 11) is -2.85. The summed E-state index contributed by atoms with van der Waals surface area (Å²) in [6, 6.07) is 7.99. The van der Waals surface area contributed by atoms with E-state index in [1.807, 2.05) is 0 Å². The lowest BCUT2D eigenvalue weighted by molar-refractivity contribution is -0.139. The summed E-state index contributed by atoms with van der Waals surface area (Å²) >= 11 is 0. The van der Waals surface area contributed by atoms with Gasteiger partial charge in [0, 0.05) is 0 Å². The van der Waals surface area contributed by atoms with E-state index in [1.54, 1.807) is 18.2 Å². The Kier molecular flexibility index (Phi) is 5.34. The standard InChI is InChI=1S/C12H14N2O5S/c1-9(12(15)18-2)20(16,17)14-10-5-3-4-6-11(10)19-8-7-13/h3-6,9,14H,8H2,1-2H3. The van der Waals surface area contributed by atoms with Crippen LogP contribution in [-0.4, -0.2) is 33.4 Å². The number of nitrogens with one attached hydrogen (secondary N) is 1. The van der Waals surface area contributed by atoms with Crippen molar-refractivity contribution in [2.45, 2.75) is 12.2 Å². The van der Waals surface area contributed by atoms with Gasteiger partial charge >= 0.3 is 5.97 Å². The van der Waals surface area contributed by atoms with Crippen LogP contribution in [0.4, 0.5) is 5.69 Å². The minimum Gasteiger partial charge on any atom is -0.477 e. The highest BCUT2D eigenvalue weighted by Gasteiger charge is 2.29. The molecule has 1 aromatic rings. The van der Waals surface area contributed by atoms with Crippen LogP contribution in [-0.2, 0) is 19.6 Å². The molecule has 0 saturated heterocycles. The molecule has 0 fully saturated rings. The van der Waals surface area contributed by atoms with Gasteiger partial charge in [0.05, 0.1) is 12.8 Å². The topological polar surface area (TPSA) is 105 Å². The van der Waals surface area contributed by atoms with Crippen molar-refractivity contribution in [3.63, 3.8) is 0 Å². The van der Waals surface area contributed by atoms with E-state index in [1.165, 1.54) is 19.1 Å². The molecule has 0 bridgehead atoms. The molecule has 0 radical (unpaired) electrons. The van der Waals surface area contributed by atoms with E-state index in [0.29, 0.717) is 0 Å². The number of ether oxygens (including phenoxy) is 2. The van der Waals surface area contributed by atoms with Crippen molar-refractivity contribution in [3.8, 4) is 11.8 Å². The molecule has 20 heavy (non-hydrogen) atoms. The average molecular weight is 298 g/mol. The van der Waals surface area contributed by atoms with E-state index < -0.39 is 21.2 Å². The molecule has 1 rings (SSSR count). The van der Waals surface area contributed by atoms with Crippen LogP contribution in [0.5, 0.6) is 5.75 Å². The van der Waals surface area contributed by atoms with E-state index in [0.717, 1.165) is 7.11 Å². The number of nitrogens with zero attached hydrogens (tertiary/aromatic N) is 1. The molecular formula is C12H14N2O5S. The number of sulfonamides is 1. The highest BCUT2D eigenvalue weighted by atomic mass is 32.2. The normalized spacial score (nSPS) is 12.1. The number of nitriles is 1. The van der Waals surface area contributed by atoms with Crippen molar-refractivity contribution in [2.24, 2.45) is 0 Å². The summed E-state index contributed by atoms with van der Waals surface area (Å²) in [5, 5.41) is 7.10. The Balaban J connectivity index is 2.98. The monoisotopic (exact) mass is 298 g/mol. The Morgan fingerprint density at radius 1 is 1.45 bits per heavy atom. The fraction of sp³-hybridized carbons (Fsp3) is 0.333. The number of benzene rings is 1. The number of hydrogen-bond acceptors (Lipinski definition) is 6. The SMILES string of the molecule is COC(=O)C(C)S(=O)(=O)Nc1ccccc1OCC#N. The lowest BCUT2D eigenvalue weighted by Gasteiger charge is -2.15. The Bertz CT molecular complexity index is 621. The molecule has 1 unspecified atom stereocenters. The van der Waals surface area contributed by atoms with Gasteiger partial charge in [0.15, 0.2) is 11.9 Å². The van der Waals surface area contributed by atoms with E-state index in [2.05, 4.69) is 9.46 Å². The van der Waals surface area contributed by atoms with Crippen LogP contribution in [0, 0.1) is 11.3 Å². The van der Waals surface area contributed by atoms with E-state index >= 15 is 0 Å². The number of carbonyl (C=O) groups is 1. The Morgan fingerprint density at radius 2 is 2.10 bits per heavy atom. The summed E-state index contributed by atoms with van der Waals surface area (Å²) in [4.78, 5) is 11.3. The fourth-order valence-electron chi connectivity index (χ4n) is 1.32. The lowest BCUT2D eigenvalue weighted by atomic mass is 10.3. The van der Waals surface area contributed by atoms with Crippen molar-refractivity contribution >= 4 is 21.7 Å². The van der Waals surface area contributed by atoms with Gasteiger partial charge in [-0.05, 0) is 19.1 Å². The van der Waals surface area contributed by atoms with Crippen molar-refractivity contribution < 1.29 is 22.7 Å². The van der Waals surface area contributed by atoms with Crippen LogP contribution in [0.15, 0.2) is 24.3 Å². The van der Waals surface area contributed by atoms with Gasteiger partial charge in [0.2, 0.25) is 10.0 Å². The van der Waals surface area contributed by atoms with Crippen molar-refractivity contribution in [1.29, 1.82) is 5.26 Å². The van der Waals surface area contributed by atoms with Gasteiger partial charge in [0.25, 0.3) is 0 Å². The van der Waals surface area contributed by atoms with Crippen molar-refractivity contribution in [1.82, 2.24) is 0 Å². The van der Waals surface area contributed by atoms with Crippen LogP contribution < -0.4 is 9.46 Å². The average Bonchev–Trinajstić information content (AvgIpc) is 2.44. The summed E-state index contributed by atoms with van der Waals surface area (Å²) in [5.41, 5.74) is 0.151. The molecule has 0 saturated carbocycles. The lowest BCUT2D eigenvalue weighted by Crippen LogP contribution is -2.33. The van der Waals surface area contributed by atoms with Gasteiger partial charge in [0.1, 0.15) is 11.8 Å². The fourth-order valence-corrected chi connectivity index (χ4v) is 2.32. The first kappa shape index (κ1) is 15.8. The molecule has 0 amide bonds. The van der Waals surface area contributed by atoms with E-state index in [9.17, 15) is 13.2 Å². The zero-order chi connectivity index (χ0) is 15.2. The maximum atomic E-state index is 12.0. The zero-order valence-corrected chi connectivity index (χ0v) is 11.8. The zero-order valence-electron chi connectivity index (χ0n) is 11.0. The van der Waals surface area contributed by atoms with Crippen LogP contribution in [0.1, 0.15) is 6.92 Å². The number of methoxy groups -OCH3 is 1. The van der Waals surface area contributed by atoms with Crippen LogP contribution >= 0.6 is 0 Å². The van der Waals surface area contributed by atoms with Crippen LogP contribution in [0.2, 0.25) is 0 Å². The van der Waals surface area contributed by atoms with Crippen molar-refractivity contribution in [3.05, 3.63) is 24.3 Å². The van der Waals surface area contributed by atoms with Crippen LogP contribution in [0.3, 0.4) is 0 Å². The summed E-state index contributed by atoms with van der Waals surface area (Å²) < 4.78 is 35.7. The maximum Gasteiger partial charge on any atom is 0.325 e. The molecule has 8 heteroatoms.